The average Bonchev–Trinajstić information content (AvgIpc) is 2.72. The number of aliphatic hydroxyl groups excluding tert-OH is 2. The summed E-state index contributed by atoms with van der Waals surface area (Å²) in [6, 6.07) is 15.9. The number of β-amino-alcohol motifs (C(OH)–C–C–N with tert-alkyl or cyclic N) is 1. The number of carbonyl (C=O) groups is 1. The molecule has 28 heavy (non-hydrogen) atoms. The van der Waals surface area contributed by atoms with E-state index >= 15 is 0 Å². The van der Waals surface area contributed by atoms with Gasteiger partial charge in [-0.1, -0.05) is 36.4 Å². The largest absolute Gasteiger partial charge is 0.396 e. The van der Waals surface area contributed by atoms with E-state index in [1.54, 1.807) is 0 Å². The Bertz CT molecular complexity index is 778. The molecule has 1 aliphatic heterocycles. The summed E-state index contributed by atoms with van der Waals surface area (Å²) in [6.07, 6.45) is 1.99. The molecule has 5 heteroatoms. The maximum atomic E-state index is 12.5. The molecular weight excluding hydrogens is 352 g/mol. The summed E-state index contributed by atoms with van der Waals surface area (Å²) < 4.78 is 0. The van der Waals surface area contributed by atoms with Gasteiger partial charge < -0.3 is 15.5 Å². The lowest BCUT2D eigenvalue weighted by Gasteiger charge is -2.30. The minimum absolute atomic E-state index is 0.0499. The quantitative estimate of drug-likeness (QED) is 0.435. The standard InChI is InChI=1S/C23H30N2O3/c26-14-4-12-24-21-8-3-7-19(15-21)23(28)10-9-22(27)17-25-13-11-18-5-1-2-6-20(18)16-25/h1-3,5-8,15,22,24,26-27H,4,9-14,16-17H2. The fourth-order valence-corrected chi connectivity index (χ4v) is 3.66. The molecule has 0 spiro atoms. The summed E-state index contributed by atoms with van der Waals surface area (Å²) in [6.45, 7) is 3.23. The van der Waals surface area contributed by atoms with Gasteiger partial charge in [0.2, 0.25) is 0 Å². The molecule has 0 saturated carbocycles. The average molecular weight is 383 g/mol. The number of nitrogens with one attached hydrogen (secondary N) is 1. The molecule has 0 saturated heterocycles. The molecule has 0 aliphatic carbocycles. The molecule has 5 nitrogen and oxygen atoms in total. The Balaban J connectivity index is 1.45. The number of rotatable bonds is 10. The van der Waals surface area contributed by atoms with Crippen LogP contribution in [0.15, 0.2) is 48.5 Å². The summed E-state index contributed by atoms with van der Waals surface area (Å²) in [5, 5.41) is 22.5. The molecule has 2 aromatic carbocycles. The number of anilines is 1. The normalized spacial score (nSPS) is 15.1. The number of Topliss-reactive ketones (excluding diaryl/α,β-unsaturated/α-hetero) is 1. The second-order valence-electron chi connectivity index (χ2n) is 7.45. The highest BCUT2D eigenvalue weighted by Gasteiger charge is 2.19. The lowest BCUT2D eigenvalue weighted by Crippen LogP contribution is -2.36. The maximum absolute atomic E-state index is 12.5. The van der Waals surface area contributed by atoms with E-state index in [1.165, 1.54) is 11.1 Å². The first-order chi connectivity index (χ1) is 13.7. The minimum atomic E-state index is -0.500. The van der Waals surface area contributed by atoms with Gasteiger partial charge in [-0.05, 0) is 42.5 Å². The zero-order valence-corrected chi connectivity index (χ0v) is 16.3. The highest BCUT2D eigenvalue weighted by molar-refractivity contribution is 5.96. The number of hydrogen-bond acceptors (Lipinski definition) is 5. The van der Waals surface area contributed by atoms with Gasteiger partial charge in [0.05, 0.1) is 6.10 Å². The Morgan fingerprint density at radius 2 is 1.96 bits per heavy atom. The summed E-state index contributed by atoms with van der Waals surface area (Å²) in [5.41, 5.74) is 4.28. The second-order valence-corrected chi connectivity index (χ2v) is 7.45. The lowest BCUT2D eigenvalue weighted by atomic mass is 9.99. The van der Waals surface area contributed by atoms with Crippen molar-refractivity contribution in [2.45, 2.75) is 38.3 Å². The van der Waals surface area contributed by atoms with Gasteiger partial charge in [0.1, 0.15) is 0 Å². The Morgan fingerprint density at radius 3 is 2.79 bits per heavy atom. The van der Waals surface area contributed by atoms with Crippen LogP contribution in [0.3, 0.4) is 0 Å². The van der Waals surface area contributed by atoms with Crippen LogP contribution in [0.5, 0.6) is 0 Å². The predicted molar refractivity (Wildman–Crippen MR) is 112 cm³/mol. The summed E-state index contributed by atoms with van der Waals surface area (Å²) >= 11 is 0. The first-order valence-electron chi connectivity index (χ1n) is 10.1. The van der Waals surface area contributed by atoms with Gasteiger partial charge in [-0.2, -0.15) is 0 Å². The van der Waals surface area contributed by atoms with E-state index in [9.17, 15) is 9.90 Å². The van der Waals surface area contributed by atoms with Crippen LogP contribution in [0.1, 0.15) is 40.7 Å². The first-order valence-corrected chi connectivity index (χ1v) is 10.1. The van der Waals surface area contributed by atoms with Crippen LogP contribution in [0.25, 0.3) is 0 Å². The number of benzene rings is 2. The second kappa shape index (κ2) is 10.4. The molecule has 1 atom stereocenters. The molecule has 150 valence electrons. The topological polar surface area (TPSA) is 72.8 Å². The molecule has 3 rings (SSSR count). The van der Waals surface area contributed by atoms with Crippen molar-refractivity contribution in [1.82, 2.24) is 4.90 Å². The van der Waals surface area contributed by atoms with Gasteiger partial charge in [0, 0.05) is 50.5 Å². The number of fused-ring (bicyclic) bond motifs is 1. The van der Waals surface area contributed by atoms with Gasteiger partial charge in [-0.3, -0.25) is 9.69 Å². The van der Waals surface area contributed by atoms with E-state index in [1.807, 2.05) is 24.3 Å². The molecule has 1 heterocycles. The highest BCUT2D eigenvalue weighted by Crippen LogP contribution is 2.19. The number of aliphatic hydroxyl groups is 2. The van der Waals surface area contributed by atoms with Crippen molar-refractivity contribution >= 4 is 11.5 Å². The third-order valence-corrected chi connectivity index (χ3v) is 5.23. The molecule has 0 radical (unpaired) electrons. The van der Waals surface area contributed by atoms with Crippen molar-refractivity contribution in [3.05, 3.63) is 65.2 Å². The van der Waals surface area contributed by atoms with Crippen LogP contribution >= 0.6 is 0 Å². The van der Waals surface area contributed by atoms with Crippen molar-refractivity contribution < 1.29 is 15.0 Å². The molecule has 0 bridgehead atoms. The van der Waals surface area contributed by atoms with E-state index in [2.05, 4.69) is 34.5 Å². The maximum Gasteiger partial charge on any atom is 0.163 e. The fourth-order valence-electron chi connectivity index (χ4n) is 3.66. The third kappa shape index (κ3) is 5.89. The van der Waals surface area contributed by atoms with Crippen molar-refractivity contribution in [3.8, 4) is 0 Å². The van der Waals surface area contributed by atoms with E-state index in [0.29, 0.717) is 37.9 Å². The molecular formula is C23H30N2O3. The molecule has 0 fully saturated rings. The number of nitrogens with zero attached hydrogens (tertiary/aromatic N) is 1. The van der Waals surface area contributed by atoms with Crippen LogP contribution in [0.2, 0.25) is 0 Å². The molecule has 1 aliphatic rings. The molecule has 3 N–H and O–H groups in total. The zero-order chi connectivity index (χ0) is 19.8. The van der Waals surface area contributed by atoms with Gasteiger partial charge in [0.25, 0.3) is 0 Å². The van der Waals surface area contributed by atoms with E-state index in [-0.39, 0.29) is 12.4 Å². The van der Waals surface area contributed by atoms with Crippen molar-refractivity contribution in [2.75, 3.05) is 31.6 Å². The zero-order valence-electron chi connectivity index (χ0n) is 16.3. The molecule has 2 aromatic rings. The molecule has 1 unspecified atom stereocenters. The first kappa shape index (κ1) is 20.5. The molecule has 0 amide bonds. The van der Waals surface area contributed by atoms with E-state index in [4.69, 9.17) is 5.11 Å². The van der Waals surface area contributed by atoms with Crippen LogP contribution in [-0.4, -0.2) is 53.2 Å². The summed E-state index contributed by atoms with van der Waals surface area (Å²) in [7, 11) is 0. The summed E-state index contributed by atoms with van der Waals surface area (Å²) in [4.78, 5) is 14.8. The Kier molecular flexibility index (Phi) is 7.60. The van der Waals surface area contributed by atoms with Crippen LogP contribution in [0, 0.1) is 0 Å². The van der Waals surface area contributed by atoms with Gasteiger partial charge in [-0.15, -0.1) is 0 Å². The van der Waals surface area contributed by atoms with Crippen LogP contribution in [0.4, 0.5) is 5.69 Å². The van der Waals surface area contributed by atoms with Crippen molar-refractivity contribution in [2.24, 2.45) is 0 Å². The minimum Gasteiger partial charge on any atom is -0.396 e. The lowest BCUT2D eigenvalue weighted by molar-refractivity contribution is 0.0837. The SMILES string of the molecule is O=C(CCC(O)CN1CCc2ccccc2C1)c1cccc(NCCCO)c1. The smallest absolute Gasteiger partial charge is 0.163 e. The van der Waals surface area contributed by atoms with Gasteiger partial charge in [-0.25, -0.2) is 0 Å². The van der Waals surface area contributed by atoms with Gasteiger partial charge >= 0.3 is 0 Å². The predicted octanol–water partition coefficient (Wildman–Crippen LogP) is 2.86. The van der Waals surface area contributed by atoms with E-state index in [0.717, 1.165) is 25.2 Å². The van der Waals surface area contributed by atoms with Gasteiger partial charge in [0.15, 0.2) is 5.78 Å². The number of ketones is 1. The van der Waals surface area contributed by atoms with E-state index < -0.39 is 6.10 Å². The van der Waals surface area contributed by atoms with Crippen molar-refractivity contribution in [3.63, 3.8) is 0 Å². The van der Waals surface area contributed by atoms with Crippen molar-refractivity contribution in [1.29, 1.82) is 0 Å². The monoisotopic (exact) mass is 382 g/mol. The third-order valence-electron chi connectivity index (χ3n) is 5.23. The fraction of sp³-hybridized carbons (Fsp3) is 0.435. The molecule has 0 aromatic heterocycles. The van der Waals surface area contributed by atoms with Crippen LogP contribution < -0.4 is 5.32 Å². The Labute approximate surface area is 167 Å². The highest BCUT2D eigenvalue weighted by atomic mass is 16.3. The Morgan fingerprint density at radius 1 is 1.14 bits per heavy atom. The summed E-state index contributed by atoms with van der Waals surface area (Å²) in [5.74, 6) is 0.0499. The number of hydrogen-bond donors (Lipinski definition) is 3. The Hall–Kier alpha value is -2.21. The number of carbonyl (C=O) groups excluding carboxylic acids is 1. The van der Waals surface area contributed by atoms with Crippen LogP contribution in [-0.2, 0) is 13.0 Å².